The first-order chi connectivity index (χ1) is 16.0. The van der Waals surface area contributed by atoms with Crippen LogP contribution in [0.5, 0.6) is 5.75 Å². The molecule has 7 heteroatoms. The molecule has 0 spiro atoms. The number of nitro benzene ring substituents is 1. The number of furan rings is 1. The van der Waals surface area contributed by atoms with Gasteiger partial charge in [-0.2, -0.15) is 0 Å². The number of anilines is 1. The Kier molecular flexibility index (Phi) is 6.22. The van der Waals surface area contributed by atoms with Crippen molar-refractivity contribution in [1.82, 2.24) is 0 Å². The first-order valence-corrected chi connectivity index (χ1v) is 10.4. The van der Waals surface area contributed by atoms with Crippen molar-refractivity contribution in [3.8, 4) is 16.9 Å². The molecule has 33 heavy (non-hydrogen) atoms. The molecular weight excluding hydrogens is 420 g/mol. The van der Waals surface area contributed by atoms with Crippen molar-refractivity contribution in [3.63, 3.8) is 0 Å². The largest absolute Gasteiger partial charge is 0.493 e. The number of benzene rings is 3. The fourth-order valence-corrected chi connectivity index (χ4v) is 3.63. The van der Waals surface area contributed by atoms with Crippen LogP contribution in [0.25, 0.3) is 27.7 Å². The third-order valence-electron chi connectivity index (χ3n) is 5.16. The molecular formula is C26H22N2O5. The second-order valence-electron chi connectivity index (χ2n) is 7.42. The molecule has 0 fully saturated rings. The van der Waals surface area contributed by atoms with E-state index in [1.165, 1.54) is 24.3 Å². The van der Waals surface area contributed by atoms with Crippen LogP contribution in [0, 0.1) is 10.1 Å². The highest BCUT2D eigenvalue weighted by Crippen LogP contribution is 2.37. The van der Waals surface area contributed by atoms with Crippen LogP contribution in [0.3, 0.4) is 0 Å². The standard InChI is InChI=1S/C26H22N2O5/c1-3-32-24-15-25-22(23(16-33-25)18-8-5-4-6-9-18)14-21(24)17(2)12-26(29)27-19-10-7-11-20(13-19)28(30)31/h4-16H,3H2,1-2H3,(H,27,29)/b17-12+. The predicted octanol–water partition coefficient (Wildman–Crippen LogP) is 6.45. The van der Waals surface area contributed by atoms with Gasteiger partial charge in [0.1, 0.15) is 11.3 Å². The summed E-state index contributed by atoms with van der Waals surface area (Å²) in [6.07, 6.45) is 3.17. The van der Waals surface area contributed by atoms with Crippen LogP contribution < -0.4 is 10.1 Å². The summed E-state index contributed by atoms with van der Waals surface area (Å²) < 4.78 is 11.6. The molecule has 0 radical (unpaired) electrons. The SMILES string of the molecule is CCOc1cc2occ(-c3ccccc3)c2cc1/C(C)=C/C(=O)Nc1cccc([N+](=O)[O-])c1. The molecule has 166 valence electrons. The van der Waals surface area contributed by atoms with Gasteiger partial charge in [0.2, 0.25) is 5.91 Å². The summed E-state index contributed by atoms with van der Waals surface area (Å²) >= 11 is 0. The number of allylic oxidation sites excluding steroid dienone is 1. The normalized spacial score (nSPS) is 11.4. The topological polar surface area (TPSA) is 94.6 Å². The smallest absolute Gasteiger partial charge is 0.271 e. The maximum Gasteiger partial charge on any atom is 0.271 e. The highest BCUT2D eigenvalue weighted by atomic mass is 16.6. The van der Waals surface area contributed by atoms with Gasteiger partial charge in [0.15, 0.2) is 0 Å². The molecule has 0 aliphatic rings. The molecule has 4 rings (SSSR count). The Morgan fingerprint density at radius 3 is 2.64 bits per heavy atom. The zero-order chi connectivity index (χ0) is 23.4. The Morgan fingerprint density at radius 2 is 1.91 bits per heavy atom. The van der Waals surface area contributed by atoms with E-state index >= 15 is 0 Å². The Balaban J connectivity index is 1.69. The molecule has 0 aliphatic carbocycles. The fourth-order valence-electron chi connectivity index (χ4n) is 3.63. The number of fused-ring (bicyclic) bond motifs is 1. The fraction of sp³-hybridized carbons (Fsp3) is 0.115. The van der Waals surface area contributed by atoms with E-state index in [-0.39, 0.29) is 5.69 Å². The predicted molar refractivity (Wildman–Crippen MR) is 128 cm³/mol. The van der Waals surface area contributed by atoms with Crippen molar-refractivity contribution in [2.24, 2.45) is 0 Å². The van der Waals surface area contributed by atoms with Gasteiger partial charge in [-0.05, 0) is 37.1 Å². The van der Waals surface area contributed by atoms with E-state index in [1.807, 2.05) is 56.3 Å². The van der Waals surface area contributed by atoms with Crippen LogP contribution in [-0.4, -0.2) is 17.4 Å². The molecule has 7 nitrogen and oxygen atoms in total. The van der Waals surface area contributed by atoms with Gasteiger partial charge in [-0.1, -0.05) is 36.4 Å². The molecule has 0 bridgehead atoms. The number of ether oxygens (including phenoxy) is 1. The zero-order valence-electron chi connectivity index (χ0n) is 18.2. The van der Waals surface area contributed by atoms with Crippen LogP contribution in [0.4, 0.5) is 11.4 Å². The number of nitro groups is 1. The van der Waals surface area contributed by atoms with Gasteiger partial charge >= 0.3 is 0 Å². The van der Waals surface area contributed by atoms with Crippen molar-refractivity contribution < 1.29 is 18.9 Å². The van der Waals surface area contributed by atoms with Crippen LogP contribution >= 0.6 is 0 Å². The summed E-state index contributed by atoms with van der Waals surface area (Å²) in [6.45, 7) is 4.16. The molecule has 1 aromatic heterocycles. The lowest BCUT2D eigenvalue weighted by Gasteiger charge is -2.12. The van der Waals surface area contributed by atoms with Gasteiger partial charge in [0.25, 0.3) is 5.69 Å². The summed E-state index contributed by atoms with van der Waals surface area (Å²) in [5.41, 5.74) is 4.36. The van der Waals surface area contributed by atoms with E-state index in [0.29, 0.717) is 29.2 Å². The van der Waals surface area contributed by atoms with Crippen LogP contribution in [0.2, 0.25) is 0 Å². The number of hydrogen-bond acceptors (Lipinski definition) is 5. The molecule has 1 N–H and O–H groups in total. The average molecular weight is 442 g/mol. The number of nitrogens with zero attached hydrogens (tertiary/aromatic N) is 1. The molecule has 4 aromatic rings. The molecule has 0 atom stereocenters. The lowest BCUT2D eigenvalue weighted by Crippen LogP contribution is -2.09. The number of rotatable bonds is 7. The van der Waals surface area contributed by atoms with Crippen LogP contribution in [0.15, 0.2) is 83.5 Å². The van der Waals surface area contributed by atoms with E-state index in [0.717, 1.165) is 22.1 Å². The number of non-ortho nitro benzene ring substituents is 1. The number of nitrogens with one attached hydrogen (secondary N) is 1. The van der Waals surface area contributed by atoms with Crippen molar-refractivity contribution in [3.05, 3.63) is 94.7 Å². The minimum absolute atomic E-state index is 0.0917. The van der Waals surface area contributed by atoms with Gasteiger partial charge in [-0.15, -0.1) is 0 Å². The van der Waals surface area contributed by atoms with E-state index in [4.69, 9.17) is 9.15 Å². The summed E-state index contributed by atoms with van der Waals surface area (Å²) in [6, 6.07) is 19.5. The summed E-state index contributed by atoms with van der Waals surface area (Å²) in [7, 11) is 0. The second-order valence-corrected chi connectivity index (χ2v) is 7.42. The Bertz CT molecular complexity index is 1360. The van der Waals surface area contributed by atoms with Crippen LogP contribution in [-0.2, 0) is 4.79 Å². The Hall–Kier alpha value is -4.39. The number of hydrogen-bond donors (Lipinski definition) is 1. The third kappa shape index (κ3) is 4.77. The second kappa shape index (κ2) is 9.40. The maximum atomic E-state index is 12.6. The van der Waals surface area contributed by atoms with Crippen LogP contribution in [0.1, 0.15) is 19.4 Å². The third-order valence-corrected chi connectivity index (χ3v) is 5.16. The van der Waals surface area contributed by atoms with Crippen molar-refractivity contribution in [2.75, 3.05) is 11.9 Å². The zero-order valence-corrected chi connectivity index (χ0v) is 18.2. The number of carbonyl (C=O) groups is 1. The molecule has 0 aliphatic heterocycles. The van der Waals surface area contributed by atoms with E-state index in [9.17, 15) is 14.9 Å². The monoisotopic (exact) mass is 442 g/mol. The molecule has 0 unspecified atom stereocenters. The van der Waals surface area contributed by atoms with Gasteiger partial charge in [-0.25, -0.2) is 0 Å². The maximum absolute atomic E-state index is 12.6. The van der Waals surface area contributed by atoms with E-state index in [2.05, 4.69) is 5.32 Å². The molecule has 0 saturated carbocycles. The highest BCUT2D eigenvalue weighted by molar-refractivity contribution is 6.05. The van der Waals surface area contributed by atoms with Gasteiger partial charge in [0.05, 0.1) is 17.8 Å². The van der Waals surface area contributed by atoms with Gasteiger partial charge < -0.3 is 14.5 Å². The molecule has 1 amide bonds. The lowest BCUT2D eigenvalue weighted by atomic mass is 9.99. The van der Waals surface area contributed by atoms with Crippen molar-refractivity contribution in [2.45, 2.75) is 13.8 Å². The van der Waals surface area contributed by atoms with E-state index in [1.54, 1.807) is 12.3 Å². The Morgan fingerprint density at radius 1 is 1.12 bits per heavy atom. The van der Waals surface area contributed by atoms with Gasteiger partial charge in [-0.3, -0.25) is 14.9 Å². The Labute approximate surface area is 190 Å². The first kappa shape index (κ1) is 21.8. The summed E-state index contributed by atoms with van der Waals surface area (Å²) in [5, 5.41) is 14.6. The first-order valence-electron chi connectivity index (χ1n) is 10.4. The van der Waals surface area contributed by atoms with Crippen molar-refractivity contribution in [1.29, 1.82) is 0 Å². The molecule has 1 heterocycles. The number of amides is 1. The average Bonchev–Trinajstić information content (AvgIpc) is 3.22. The minimum atomic E-state index is -0.504. The summed E-state index contributed by atoms with van der Waals surface area (Å²) in [5.74, 6) is 0.210. The number of carbonyl (C=O) groups excluding carboxylic acids is 1. The molecule has 3 aromatic carbocycles. The molecule has 0 saturated heterocycles. The van der Waals surface area contributed by atoms with Crippen molar-refractivity contribution >= 4 is 33.8 Å². The highest BCUT2D eigenvalue weighted by Gasteiger charge is 2.15. The van der Waals surface area contributed by atoms with E-state index < -0.39 is 10.8 Å². The quantitative estimate of drug-likeness (QED) is 0.202. The minimum Gasteiger partial charge on any atom is -0.493 e. The lowest BCUT2D eigenvalue weighted by molar-refractivity contribution is -0.384. The summed E-state index contributed by atoms with van der Waals surface area (Å²) in [4.78, 5) is 23.1. The van der Waals surface area contributed by atoms with Gasteiger partial charge in [0, 0.05) is 46.5 Å².